The molecular formula is C35H35F3N6O6S. The average molecular weight is 725 g/mol. The van der Waals surface area contributed by atoms with Crippen LogP contribution >= 0.6 is 0 Å². The molecule has 51 heavy (non-hydrogen) atoms. The number of hydrogen-bond donors (Lipinski definition) is 0. The molecule has 268 valence electrons. The van der Waals surface area contributed by atoms with Crippen LogP contribution in [0.15, 0.2) is 49.3 Å². The number of allylic oxidation sites excluding steroid dienone is 1. The number of piperidine rings is 1. The second kappa shape index (κ2) is 13.1. The van der Waals surface area contributed by atoms with Gasteiger partial charge in [0.2, 0.25) is 5.91 Å². The Kier molecular flexibility index (Phi) is 9.21. The van der Waals surface area contributed by atoms with Gasteiger partial charge < -0.3 is 4.90 Å². The summed E-state index contributed by atoms with van der Waals surface area (Å²) in [6.07, 6.45) is 1.48. The molecule has 3 atom stereocenters. The predicted molar refractivity (Wildman–Crippen MR) is 179 cm³/mol. The number of aryl methyl sites for hydroxylation is 2. The summed E-state index contributed by atoms with van der Waals surface area (Å²) >= 11 is 0. The molecule has 16 heteroatoms. The fourth-order valence-corrected chi connectivity index (χ4v) is 7.34. The minimum Gasteiger partial charge on any atom is -0.327 e. The molecule has 1 aromatic carbocycles. The van der Waals surface area contributed by atoms with Gasteiger partial charge in [-0.1, -0.05) is 12.1 Å². The van der Waals surface area contributed by atoms with Crippen molar-refractivity contribution in [3.05, 3.63) is 83.3 Å². The number of benzene rings is 1. The Morgan fingerprint density at radius 1 is 1.10 bits per heavy atom. The molecule has 2 aliphatic rings. The summed E-state index contributed by atoms with van der Waals surface area (Å²) in [7, 11) is -3.85. The van der Waals surface area contributed by atoms with E-state index in [-0.39, 0.29) is 36.7 Å². The molecule has 4 aromatic rings. The van der Waals surface area contributed by atoms with Gasteiger partial charge in [0.05, 0.1) is 36.5 Å². The number of alkyl halides is 3. The van der Waals surface area contributed by atoms with E-state index in [0.29, 0.717) is 46.3 Å². The van der Waals surface area contributed by atoms with Gasteiger partial charge in [-0.05, 0) is 68.0 Å². The number of carbonyl (C=O) groups excluding carboxylic acids is 3. The number of pyridine rings is 1. The third-order valence-corrected chi connectivity index (χ3v) is 10.0. The maximum atomic E-state index is 14.3. The van der Waals surface area contributed by atoms with E-state index in [2.05, 4.69) is 26.6 Å². The Morgan fingerprint density at radius 3 is 2.43 bits per heavy atom. The number of likely N-dealkylation sites (tertiary alicyclic amines) is 1. The summed E-state index contributed by atoms with van der Waals surface area (Å²) in [5.74, 6) is -0.836. The van der Waals surface area contributed by atoms with Crippen LogP contribution < -0.4 is 0 Å². The summed E-state index contributed by atoms with van der Waals surface area (Å²) in [6, 6.07) is 4.08. The first-order valence-corrected chi connectivity index (χ1v) is 17.9. The molecule has 1 saturated heterocycles. The lowest BCUT2D eigenvalue weighted by Gasteiger charge is -2.27. The van der Waals surface area contributed by atoms with E-state index in [0.717, 1.165) is 17.9 Å². The third-order valence-electron chi connectivity index (χ3n) is 9.49. The number of nitrogens with zero attached hydrogens (tertiary/aromatic N) is 6. The van der Waals surface area contributed by atoms with Crippen molar-refractivity contribution in [2.45, 2.75) is 71.3 Å². The van der Waals surface area contributed by atoms with Crippen LogP contribution in [0.5, 0.6) is 0 Å². The summed E-state index contributed by atoms with van der Waals surface area (Å²) in [5, 5.41) is 5.04. The van der Waals surface area contributed by atoms with Gasteiger partial charge in [-0.3, -0.25) is 23.2 Å². The first-order chi connectivity index (χ1) is 23.9. The third kappa shape index (κ3) is 7.19. The zero-order chi connectivity index (χ0) is 37.0. The number of hydrogen-bond acceptors (Lipinski definition) is 10. The number of halogens is 3. The van der Waals surface area contributed by atoms with E-state index in [1.807, 2.05) is 6.07 Å². The second-order valence-electron chi connectivity index (χ2n) is 13.3. The van der Waals surface area contributed by atoms with Gasteiger partial charge in [0.1, 0.15) is 23.8 Å². The van der Waals surface area contributed by atoms with Crippen molar-refractivity contribution in [3.63, 3.8) is 0 Å². The van der Waals surface area contributed by atoms with Crippen LogP contribution in [0.4, 0.5) is 13.2 Å². The molecule has 0 spiro atoms. The van der Waals surface area contributed by atoms with Gasteiger partial charge in [-0.25, -0.2) is 15.0 Å². The molecule has 4 heterocycles. The van der Waals surface area contributed by atoms with E-state index in [1.54, 1.807) is 38.4 Å². The zero-order valence-electron chi connectivity index (χ0n) is 28.3. The maximum Gasteiger partial charge on any atom is 0.433 e. The quantitative estimate of drug-likeness (QED) is 0.115. The van der Waals surface area contributed by atoms with Gasteiger partial charge >= 0.3 is 6.18 Å². The van der Waals surface area contributed by atoms with E-state index in [1.165, 1.54) is 22.6 Å². The fraction of sp³-hybridized carbons (Fsp3) is 0.400. The SMILES string of the molecule is C=CCc1cc(-c2cnc(C)nc2)cc2c(C(C)=O)nn(CC(=O)N3[C@H](C(=O)Cc4nc(C(F)(F)F)ccc4C)C[C@@]4(COS(C)(=O)=O)C[C@@H]34)c12. The van der Waals surface area contributed by atoms with E-state index >= 15 is 0 Å². The van der Waals surface area contributed by atoms with Crippen LogP contribution in [0, 0.1) is 19.3 Å². The molecule has 1 aliphatic carbocycles. The van der Waals surface area contributed by atoms with Crippen molar-refractivity contribution in [3.8, 4) is 11.1 Å². The molecule has 6 rings (SSSR count). The topological polar surface area (TPSA) is 154 Å². The van der Waals surface area contributed by atoms with Crippen molar-refractivity contribution in [1.82, 2.24) is 29.6 Å². The van der Waals surface area contributed by atoms with Crippen LogP contribution in [0.3, 0.4) is 0 Å². The van der Waals surface area contributed by atoms with Crippen molar-refractivity contribution in [2.24, 2.45) is 5.41 Å². The largest absolute Gasteiger partial charge is 0.433 e. The summed E-state index contributed by atoms with van der Waals surface area (Å²) in [5.41, 5.74) is 1.10. The van der Waals surface area contributed by atoms with Crippen molar-refractivity contribution < 1.29 is 40.2 Å². The number of carbonyl (C=O) groups is 3. The Morgan fingerprint density at radius 2 is 1.80 bits per heavy atom. The molecule has 0 bridgehead atoms. The molecule has 1 amide bonds. The number of aromatic nitrogens is 5. The first-order valence-electron chi connectivity index (χ1n) is 16.1. The Balaban J connectivity index is 1.37. The standard InChI is InChI=1S/C35H35F3N6O6S/c1-6-7-22-10-23(24-15-39-21(4)40-16-24)11-25-32(20(3)45)42-43(33(22)25)17-31(47)44-27(13-34(14-30(34)44)18-50-51(5,48)49)28(46)12-26-19(2)8-9-29(41-26)35(36,37)38/h6,8-11,15-16,27,30H,1,7,12-14,17-18H2,2-5H3/t27-,30+,34-/m0/s1. The Bertz CT molecular complexity index is 2200. The van der Waals surface area contributed by atoms with Crippen LogP contribution in [-0.4, -0.2) is 80.5 Å². The summed E-state index contributed by atoms with van der Waals surface area (Å²) < 4.78 is 70.7. The Hall–Kier alpha value is -4.83. The van der Waals surface area contributed by atoms with Crippen LogP contribution in [-0.2, 0) is 49.5 Å². The molecule has 1 saturated carbocycles. The highest BCUT2D eigenvalue weighted by molar-refractivity contribution is 7.85. The minimum absolute atomic E-state index is 0.0536. The van der Waals surface area contributed by atoms with Gasteiger partial charge in [-0.15, -0.1) is 6.58 Å². The molecule has 3 aromatic heterocycles. The summed E-state index contributed by atoms with van der Waals surface area (Å²) in [4.78, 5) is 54.7. The van der Waals surface area contributed by atoms with Gasteiger partial charge in [0.15, 0.2) is 11.6 Å². The molecule has 2 fully saturated rings. The number of ketones is 2. The van der Waals surface area contributed by atoms with Crippen molar-refractivity contribution in [2.75, 3.05) is 12.9 Å². The van der Waals surface area contributed by atoms with Gasteiger partial charge in [-0.2, -0.15) is 26.7 Å². The lowest BCUT2D eigenvalue weighted by atomic mass is 9.95. The first kappa shape index (κ1) is 36.0. The molecule has 12 nitrogen and oxygen atoms in total. The van der Waals surface area contributed by atoms with E-state index in [9.17, 15) is 36.0 Å². The highest BCUT2D eigenvalue weighted by Gasteiger charge is 2.67. The van der Waals surface area contributed by atoms with Crippen molar-refractivity contribution >= 4 is 38.5 Å². The number of rotatable bonds is 12. The molecule has 0 unspecified atom stereocenters. The monoisotopic (exact) mass is 724 g/mol. The lowest BCUT2D eigenvalue weighted by molar-refractivity contribution is -0.141. The van der Waals surface area contributed by atoms with E-state index in [4.69, 9.17) is 4.18 Å². The molecule has 1 aliphatic heterocycles. The van der Waals surface area contributed by atoms with Crippen molar-refractivity contribution in [1.29, 1.82) is 0 Å². The predicted octanol–water partition coefficient (Wildman–Crippen LogP) is 4.60. The highest BCUT2D eigenvalue weighted by atomic mass is 32.2. The summed E-state index contributed by atoms with van der Waals surface area (Å²) in [6.45, 7) is 7.88. The molecular weight excluding hydrogens is 689 g/mol. The van der Waals surface area contributed by atoms with Crippen LogP contribution in [0.1, 0.15) is 58.6 Å². The van der Waals surface area contributed by atoms with Crippen LogP contribution in [0.25, 0.3) is 22.0 Å². The molecule has 0 N–H and O–H groups in total. The minimum atomic E-state index is -4.72. The number of fused-ring (bicyclic) bond motifs is 2. The Labute approximate surface area is 291 Å². The smallest absolute Gasteiger partial charge is 0.327 e. The van der Waals surface area contributed by atoms with Gasteiger partial charge in [0.25, 0.3) is 10.1 Å². The maximum absolute atomic E-state index is 14.3. The average Bonchev–Trinajstić information content (AvgIpc) is 3.46. The number of Topliss-reactive ketones (excluding diaryl/α,β-unsaturated/α-hetero) is 2. The van der Waals surface area contributed by atoms with Crippen LogP contribution in [0.2, 0.25) is 0 Å². The highest BCUT2D eigenvalue weighted by Crippen LogP contribution is 2.60. The van der Waals surface area contributed by atoms with Gasteiger partial charge in [0, 0.05) is 41.7 Å². The zero-order valence-corrected chi connectivity index (χ0v) is 29.1. The lowest BCUT2D eigenvalue weighted by Crippen LogP contribution is -2.45. The van der Waals surface area contributed by atoms with E-state index < -0.39 is 57.6 Å². The second-order valence-corrected chi connectivity index (χ2v) is 14.9. The molecule has 0 radical (unpaired) electrons. The normalized spacial score (nSPS) is 20.0. The number of amides is 1. The fourth-order valence-electron chi connectivity index (χ4n) is 6.89.